The van der Waals surface area contributed by atoms with E-state index in [0.29, 0.717) is 6.54 Å². The topological polar surface area (TPSA) is 52.5 Å². The van der Waals surface area contributed by atoms with Gasteiger partial charge in [0.05, 0.1) is 12.2 Å². The molecule has 0 heterocycles. The highest BCUT2D eigenvalue weighted by molar-refractivity contribution is 4.81. The molecule has 0 spiro atoms. The minimum absolute atomic E-state index is 0.192. The van der Waals surface area contributed by atoms with E-state index in [9.17, 15) is 10.2 Å². The Morgan fingerprint density at radius 2 is 1.93 bits per heavy atom. The number of aliphatic hydroxyl groups is 2. The summed E-state index contributed by atoms with van der Waals surface area (Å²) in [4.78, 5) is 0. The second-order valence-corrected chi connectivity index (χ2v) is 4.68. The van der Waals surface area contributed by atoms with Crippen LogP contribution in [0.4, 0.5) is 0 Å². The third-order valence-corrected chi connectivity index (χ3v) is 3.09. The highest BCUT2D eigenvalue weighted by Crippen LogP contribution is 2.18. The van der Waals surface area contributed by atoms with Crippen molar-refractivity contribution in [2.45, 2.75) is 57.8 Å². The summed E-state index contributed by atoms with van der Waals surface area (Å²) >= 11 is 0. The van der Waals surface area contributed by atoms with Gasteiger partial charge in [0.25, 0.3) is 0 Å². The van der Waals surface area contributed by atoms with Gasteiger partial charge < -0.3 is 15.5 Å². The summed E-state index contributed by atoms with van der Waals surface area (Å²) in [6.45, 7) is 4.60. The molecule has 1 saturated carbocycles. The number of rotatable bonds is 4. The van der Waals surface area contributed by atoms with Crippen LogP contribution in [0.25, 0.3) is 0 Å². The summed E-state index contributed by atoms with van der Waals surface area (Å²) in [5.41, 5.74) is 0. The zero-order valence-electron chi connectivity index (χ0n) is 9.24. The van der Waals surface area contributed by atoms with E-state index in [4.69, 9.17) is 0 Å². The van der Waals surface area contributed by atoms with Crippen molar-refractivity contribution in [3.8, 4) is 0 Å². The molecule has 0 saturated heterocycles. The quantitative estimate of drug-likeness (QED) is 0.633. The Bertz CT molecular complexity index is 161. The van der Waals surface area contributed by atoms with Crippen molar-refractivity contribution in [1.29, 1.82) is 0 Å². The molecule has 0 aromatic carbocycles. The summed E-state index contributed by atoms with van der Waals surface area (Å²) in [6, 6.07) is 0.192. The number of hydrogen-bond acceptors (Lipinski definition) is 3. The van der Waals surface area contributed by atoms with E-state index in [-0.39, 0.29) is 24.2 Å². The Hall–Kier alpha value is -0.120. The van der Waals surface area contributed by atoms with Crippen molar-refractivity contribution in [1.82, 2.24) is 5.32 Å². The largest absolute Gasteiger partial charge is 0.392 e. The average Bonchev–Trinajstić information content (AvgIpc) is 2.16. The zero-order chi connectivity index (χ0) is 10.6. The Kier molecular flexibility index (Phi) is 4.85. The molecule has 0 radical (unpaired) electrons. The van der Waals surface area contributed by atoms with E-state index in [2.05, 4.69) is 5.32 Å². The van der Waals surface area contributed by atoms with Gasteiger partial charge in [-0.3, -0.25) is 0 Å². The molecule has 1 fully saturated rings. The molecule has 3 unspecified atom stereocenters. The molecule has 0 aromatic rings. The standard InChI is InChI=1S/C11H23NO2/c1-8(2)11(14)7-12-9-5-3-4-6-10(9)13/h8-14H,3-7H2,1-2H3. The van der Waals surface area contributed by atoms with Crippen molar-refractivity contribution in [3.63, 3.8) is 0 Å². The maximum atomic E-state index is 9.68. The lowest BCUT2D eigenvalue weighted by Crippen LogP contribution is -2.45. The van der Waals surface area contributed by atoms with E-state index in [1.54, 1.807) is 0 Å². The minimum atomic E-state index is -0.302. The first-order valence-electron chi connectivity index (χ1n) is 5.70. The van der Waals surface area contributed by atoms with Crippen LogP contribution in [0.5, 0.6) is 0 Å². The molecule has 0 bridgehead atoms. The molecule has 1 aliphatic rings. The number of hydrogen-bond donors (Lipinski definition) is 3. The number of aliphatic hydroxyl groups excluding tert-OH is 2. The molecular formula is C11H23NO2. The van der Waals surface area contributed by atoms with Crippen molar-refractivity contribution < 1.29 is 10.2 Å². The molecule has 3 heteroatoms. The van der Waals surface area contributed by atoms with Gasteiger partial charge in [0, 0.05) is 12.6 Å². The lowest BCUT2D eigenvalue weighted by Gasteiger charge is -2.29. The van der Waals surface area contributed by atoms with Gasteiger partial charge in [0.1, 0.15) is 0 Å². The van der Waals surface area contributed by atoms with Crippen LogP contribution >= 0.6 is 0 Å². The highest BCUT2D eigenvalue weighted by atomic mass is 16.3. The minimum Gasteiger partial charge on any atom is -0.392 e. The molecule has 3 nitrogen and oxygen atoms in total. The third kappa shape index (κ3) is 3.56. The molecule has 3 atom stereocenters. The maximum Gasteiger partial charge on any atom is 0.0693 e. The first kappa shape index (κ1) is 12.0. The van der Waals surface area contributed by atoms with Gasteiger partial charge in [-0.1, -0.05) is 26.7 Å². The van der Waals surface area contributed by atoms with E-state index in [1.165, 1.54) is 6.42 Å². The molecule has 1 aliphatic carbocycles. The Morgan fingerprint density at radius 3 is 2.50 bits per heavy atom. The lowest BCUT2D eigenvalue weighted by atomic mass is 9.92. The van der Waals surface area contributed by atoms with Crippen molar-refractivity contribution in [2.24, 2.45) is 5.92 Å². The third-order valence-electron chi connectivity index (χ3n) is 3.09. The highest BCUT2D eigenvalue weighted by Gasteiger charge is 2.23. The fourth-order valence-corrected chi connectivity index (χ4v) is 1.86. The Balaban J connectivity index is 2.22. The van der Waals surface area contributed by atoms with Crippen LogP contribution in [0, 0.1) is 5.92 Å². The lowest BCUT2D eigenvalue weighted by molar-refractivity contribution is 0.0705. The molecule has 0 aliphatic heterocycles. The number of nitrogens with one attached hydrogen (secondary N) is 1. The smallest absolute Gasteiger partial charge is 0.0693 e. The maximum absolute atomic E-state index is 9.68. The summed E-state index contributed by atoms with van der Waals surface area (Å²) in [6.07, 6.45) is 3.73. The summed E-state index contributed by atoms with van der Waals surface area (Å²) in [5.74, 6) is 0.281. The summed E-state index contributed by atoms with van der Waals surface area (Å²) in [5, 5.41) is 22.5. The molecule has 1 rings (SSSR count). The van der Waals surface area contributed by atoms with Crippen molar-refractivity contribution in [3.05, 3.63) is 0 Å². The molecule has 84 valence electrons. The van der Waals surface area contributed by atoms with E-state index < -0.39 is 0 Å². The van der Waals surface area contributed by atoms with E-state index in [1.807, 2.05) is 13.8 Å². The molecule has 14 heavy (non-hydrogen) atoms. The van der Waals surface area contributed by atoms with Crippen LogP contribution in [0.2, 0.25) is 0 Å². The van der Waals surface area contributed by atoms with Crippen molar-refractivity contribution >= 4 is 0 Å². The van der Waals surface area contributed by atoms with E-state index >= 15 is 0 Å². The molecule has 0 aromatic heterocycles. The van der Waals surface area contributed by atoms with Gasteiger partial charge in [-0.15, -0.1) is 0 Å². The van der Waals surface area contributed by atoms with Crippen molar-refractivity contribution in [2.75, 3.05) is 6.54 Å². The first-order valence-corrected chi connectivity index (χ1v) is 5.70. The predicted molar refractivity (Wildman–Crippen MR) is 57.1 cm³/mol. The normalized spacial score (nSPS) is 30.6. The summed E-state index contributed by atoms with van der Waals surface area (Å²) < 4.78 is 0. The second kappa shape index (κ2) is 5.69. The second-order valence-electron chi connectivity index (χ2n) is 4.68. The van der Waals surface area contributed by atoms with Gasteiger partial charge in [-0.05, 0) is 18.8 Å². The summed E-state index contributed by atoms with van der Waals surface area (Å²) in [7, 11) is 0. The van der Waals surface area contributed by atoms with Crippen LogP contribution < -0.4 is 5.32 Å². The van der Waals surface area contributed by atoms with Gasteiger partial charge in [0.15, 0.2) is 0 Å². The molecule has 0 amide bonds. The van der Waals surface area contributed by atoms with Crippen LogP contribution in [0.3, 0.4) is 0 Å². The first-order chi connectivity index (χ1) is 6.61. The average molecular weight is 201 g/mol. The van der Waals surface area contributed by atoms with Gasteiger partial charge >= 0.3 is 0 Å². The molecular weight excluding hydrogens is 178 g/mol. The van der Waals surface area contributed by atoms with Crippen LogP contribution in [-0.4, -0.2) is 35.0 Å². The molecule has 3 N–H and O–H groups in total. The predicted octanol–water partition coefficient (Wildman–Crippen LogP) is 0.896. The SMILES string of the molecule is CC(C)C(O)CNC1CCCCC1O. The van der Waals surface area contributed by atoms with Gasteiger partial charge in [-0.2, -0.15) is 0 Å². The van der Waals surface area contributed by atoms with E-state index in [0.717, 1.165) is 19.3 Å². The zero-order valence-corrected chi connectivity index (χ0v) is 9.24. The van der Waals surface area contributed by atoms with Crippen LogP contribution in [-0.2, 0) is 0 Å². The van der Waals surface area contributed by atoms with Crippen LogP contribution in [0.1, 0.15) is 39.5 Å². The van der Waals surface area contributed by atoms with Crippen LogP contribution in [0.15, 0.2) is 0 Å². The fraction of sp³-hybridized carbons (Fsp3) is 1.00. The monoisotopic (exact) mass is 201 g/mol. The fourth-order valence-electron chi connectivity index (χ4n) is 1.86. The van der Waals surface area contributed by atoms with Gasteiger partial charge in [0.2, 0.25) is 0 Å². The Morgan fingerprint density at radius 1 is 1.29 bits per heavy atom. The Labute approximate surface area is 86.5 Å². The van der Waals surface area contributed by atoms with Gasteiger partial charge in [-0.25, -0.2) is 0 Å².